The predicted molar refractivity (Wildman–Crippen MR) is 56.7 cm³/mol. The molecule has 0 radical (unpaired) electrons. The van der Waals surface area contributed by atoms with Crippen LogP contribution in [0.3, 0.4) is 0 Å². The van der Waals surface area contributed by atoms with E-state index in [0.29, 0.717) is 6.42 Å². The fraction of sp³-hybridized carbons (Fsp3) is 0.364. The Balaban J connectivity index is 2.98. The van der Waals surface area contributed by atoms with Crippen molar-refractivity contribution in [2.24, 2.45) is 5.84 Å². The third kappa shape index (κ3) is 2.33. The summed E-state index contributed by atoms with van der Waals surface area (Å²) in [4.78, 5) is 11.1. The van der Waals surface area contributed by atoms with Crippen LogP contribution in [0, 0.1) is 20.8 Å². The quantitative estimate of drug-likeness (QED) is 0.419. The molecule has 1 amide bonds. The highest BCUT2D eigenvalue weighted by Crippen LogP contribution is 2.15. The van der Waals surface area contributed by atoms with E-state index < -0.39 is 0 Å². The molecule has 0 aliphatic rings. The standard InChI is InChI=1S/C11H16N2O/c1-7-4-9(3)10(5-8(7)2)6-11(14)13-12/h4-5H,6,12H2,1-3H3,(H,13,14). The van der Waals surface area contributed by atoms with Crippen molar-refractivity contribution in [2.45, 2.75) is 27.2 Å². The maximum absolute atomic E-state index is 11.1. The van der Waals surface area contributed by atoms with Crippen molar-refractivity contribution in [1.82, 2.24) is 5.43 Å². The predicted octanol–water partition coefficient (Wildman–Crippen LogP) is 1.14. The minimum absolute atomic E-state index is 0.156. The summed E-state index contributed by atoms with van der Waals surface area (Å²) in [6.45, 7) is 6.11. The maximum atomic E-state index is 11.1. The summed E-state index contributed by atoms with van der Waals surface area (Å²) in [6, 6.07) is 4.13. The number of amides is 1. The van der Waals surface area contributed by atoms with Gasteiger partial charge in [0.15, 0.2) is 0 Å². The number of hydrogen-bond acceptors (Lipinski definition) is 2. The number of hydrogen-bond donors (Lipinski definition) is 2. The molecule has 1 aromatic rings. The molecule has 0 aliphatic carbocycles. The monoisotopic (exact) mass is 192 g/mol. The fourth-order valence-electron chi connectivity index (χ4n) is 1.43. The Hall–Kier alpha value is -1.35. The van der Waals surface area contributed by atoms with Crippen LogP contribution in [0.15, 0.2) is 12.1 Å². The zero-order chi connectivity index (χ0) is 10.7. The molecule has 3 heteroatoms. The van der Waals surface area contributed by atoms with E-state index in [-0.39, 0.29) is 5.91 Å². The molecule has 0 heterocycles. The summed E-state index contributed by atoms with van der Waals surface area (Å²) in [5, 5.41) is 0. The van der Waals surface area contributed by atoms with E-state index in [0.717, 1.165) is 11.1 Å². The lowest BCUT2D eigenvalue weighted by Crippen LogP contribution is -2.31. The van der Waals surface area contributed by atoms with Gasteiger partial charge in [-0.05, 0) is 43.0 Å². The van der Waals surface area contributed by atoms with Crippen molar-refractivity contribution in [3.63, 3.8) is 0 Å². The van der Waals surface area contributed by atoms with Gasteiger partial charge in [-0.3, -0.25) is 10.2 Å². The molecule has 14 heavy (non-hydrogen) atoms. The molecule has 0 aromatic heterocycles. The van der Waals surface area contributed by atoms with Gasteiger partial charge in [-0.2, -0.15) is 0 Å². The number of hydrazine groups is 1. The van der Waals surface area contributed by atoms with Crippen LogP contribution in [0.2, 0.25) is 0 Å². The van der Waals surface area contributed by atoms with Gasteiger partial charge >= 0.3 is 0 Å². The molecule has 0 aliphatic heterocycles. The van der Waals surface area contributed by atoms with Crippen LogP contribution >= 0.6 is 0 Å². The largest absolute Gasteiger partial charge is 0.294 e. The van der Waals surface area contributed by atoms with Crippen molar-refractivity contribution in [2.75, 3.05) is 0 Å². The Morgan fingerprint density at radius 2 is 1.79 bits per heavy atom. The first-order chi connectivity index (χ1) is 6.54. The highest BCUT2D eigenvalue weighted by Gasteiger charge is 2.05. The van der Waals surface area contributed by atoms with Crippen molar-refractivity contribution in [3.8, 4) is 0 Å². The Kier molecular flexibility index (Phi) is 3.25. The molecular formula is C11H16N2O. The molecule has 0 saturated carbocycles. The number of benzene rings is 1. The van der Waals surface area contributed by atoms with E-state index in [4.69, 9.17) is 5.84 Å². The number of aryl methyl sites for hydroxylation is 3. The Labute approximate surface area is 84.3 Å². The lowest BCUT2D eigenvalue weighted by molar-refractivity contribution is -0.120. The fourth-order valence-corrected chi connectivity index (χ4v) is 1.43. The van der Waals surface area contributed by atoms with Gasteiger partial charge in [0.05, 0.1) is 6.42 Å². The molecule has 1 aromatic carbocycles. The first kappa shape index (κ1) is 10.7. The zero-order valence-electron chi connectivity index (χ0n) is 8.85. The minimum Gasteiger partial charge on any atom is -0.294 e. The average molecular weight is 192 g/mol. The van der Waals surface area contributed by atoms with Gasteiger partial charge in [0.25, 0.3) is 0 Å². The van der Waals surface area contributed by atoms with Gasteiger partial charge in [-0.25, -0.2) is 5.84 Å². The first-order valence-corrected chi connectivity index (χ1v) is 4.60. The van der Waals surface area contributed by atoms with Gasteiger partial charge in [-0.15, -0.1) is 0 Å². The third-order valence-corrected chi connectivity index (χ3v) is 2.46. The van der Waals surface area contributed by atoms with Crippen LogP contribution in [0.1, 0.15) is 22.3 Å². The van der Waals surface area contributed by atoms with E-state index >= 15 is 0 Å². The van der Waals surface area contributed by atoms with E-state index in [1.807, 2.05) is 19.9 Å². The summed E-state index contributed by atoms with van der Waals surface area (Å²) in [6.07, 6.45) is 0.351. The zero-order valence-corrected chi connectivity index (χ0v) is 8.85. The van der Waals surface area contributed by atoms with Crippen LogP contribution in [0.25, 0.3) is 0 Å². The smallest absolute Gasteiger partial charge is 0.238 e. The average Bonchev–Trinajstić information content (AvgIpc) is 2.14. The number of carbonyl (C=O) groups is 1. The van der Waals surface area contributed by atoms with E-state index in [9.17, 15) is 4.79 Å². The second-order valence-electron chi connectivity index (χ2n) is 3.61. The number of nitrogens with two attached hydrogens (primary N) is 1. The van der Waals surface area contributed by atoms with Crippen LogP contribution in [0.5, 0.6) is 0 Å². The molecule has 76 valence electrons. The summed E-state index contributed by atoms with van der Waals surface area (Å²) >= 11 is 0. The second kappa shape index (κ2) is 4.24. The summed E-state index contributed by atoms with van der Waals surface area (Å²) in [5.74, 6) is 4.88. The molecule has 0 unspecified atom stereocenters. The van der Waals surface area contributed by atoms with E-state index in [1.54, 1.807) is 0 Å². The summed E-state index contributed by atoms with van der Waals surface area (Å²) in [7, 11) is 0. The first-order valence-electron chi connectivity index (χ1n) is 4.60. The van der Waals surface area contributed by atoms with E-state index in [1.165, 1.54) is 11.1 Å². The van der Waals surface area contributed by atoms with E-state index in [2.05, 4.69) is 18.4 Å². The molecule has 1 rings (SSSR count). The molecular weight excluding hydrogens is 176 g/mol. The summed E-state index contributed by atoms with van der Waals surface area (Å²) < 4.78 is 0. The van der Waals surface area contributed by atoms with Crippen molar-refractivity contribution in [3.05, 3.63) is 34.4 Å². The maximum Gasteiger partial charge on any atom is 0.238 e. The highest BCUT2D eigenvalue weighted by molar-refractivity contribution is 5.78. The Morgan fingerprint density at radius 1 is 1.21 bits per heavy atom. The molecule has 0 spiro atoms. The summed E-state index contributed by atoms with van der Waals surface area (Å²) in [5.41, 5.74) is 6.76. The highest BCUT2D eigenvalue weighted by atomic mass is 16.2. The van der Waals surface area contributed by atoms with Crippen LogP contribution in [-0.2, 0) is 11.2 Å². The van der Waals surface area contributed by atoms with Crippen LogP contribution in [0.4, 0.5) is 0 Å². The topological polar surface area (TPSA) is 55.1 Å². The number of rotatable bonds is 2. The third-order valence-electron chi connectivity index (χ3n) is 2.46. The second-order valence-corrected chi connectivity index (χ2v) is 3.61. The van der Waals surface area contributed by atoms with Gasteiger partial charge in [0.1, 0.15) is 0 Å². The molecule has 0 bridgehead atoms. The molecule has 0 fully saturated rings. The Bertz CT molecular complexity index is 359. The molecule has 0 atom stereocenters. The lowest BCUT2D eigenvalue weighted by Gasteiger charge is -2.08. The SMILES string of the molecule is Cc1cc(C)c(CC(=O)NN)cc1C. The number of carbonyl (C=O) groups excluding carboxylic acids is 1. The van der Waals surface area contributed by atoms with Crippen LogP contribution in [-0.4, -0.2) is 5.91 Å². The molecule has 3 N–H and O–H groups in total. The molecule has 0 saturated heterocycles. The van der Waals surface area contributed by atoms with Crippen molar-refractivity contribution in [1.29, 1.82) is 0 Å². The van der Waals surface area contributed by atoms with Gasteiger partial charge in [-0.1, -0.05) is 12.1 Å². The van der Waals surface area contributed by atoms with Gasteiger partial charge in [0, 0.05) is 0 Å². The molecule has 3 nitrogen and oxygen atoms in total. The number of nitrogens with one attached hydrogen (secondary N) is 1. The van der Waals surface area contributed by atoms with Crippen molar-refractivity contribution >= 4 is 5.91 Å². The normalized spacial score (nSPS) is 10.0. The van der Waals surface area contributed by atoms with Crippen LogP contribution < -0.4 is 11.3 Å². The Morgan fingerprint density at radius 3 is 2.36 bits per heavy atom. The lowest BCUT2D eigenvalue weighted by atomic mass is 9.99. The van der Waals surface area contributed by atoms with Crippen molar-refractivity contribution < 1.29 is 4.79 Å². The minimum atomic E-state index is -0.156. The van der Waals surface area contributed by atoms with Gasteiger partial charge in [0.2, 0.25) is 5.91 Å². The van der Waals surface area contributed by atoms with Gasteiger partial charge < -0.3 is 0 Å².